The standard InChI is InChI=1S/C19H28N4O4/c1-18(2,3)27-17(24)23-10-19(11-23)12-25-16(26-13-19)6-7-21-15-5-4-14(8-20)9-22-15/h4-5,9,16-17,24H,6-7,10-13H2,1-3H3,(H,21,22). The number of anilines is 1. The fourth-order valence-electron chi connectivity index (χ4n) is 3.22. The van der Waals surface area contributed by atoms with Gasteiger partial charge in [-0.15, -0.1) is 0 Å². The van der Waals surface area contributed by atoms with Gasteiger partial charge in [-0.05, 0) is 32.9 Å². The summed E-state index contributed by atoms with van der Waals surface area (Å²) in [5, 5.41) is 22.1. The maximum Gasteiger partial charge on any atom is 0.216 e. The Morgan fingerprint density at radius 3 is 2.67 bits per heavy atom. The summed E-state index contributed by atoms with van der Waals surface area (Å²) in [5.41, 5.74) is 0.0992. The highest BCUT2D eigenvalue weighted by Crippen LogP contribution is 2.36. The van der Waals surface area contributed by atoms with E-state index >= 15 is 0 Å². The molecule has 0 bridgehead atoms. The summed E-state index contributed by atoms with van der Waals surface area (Å²) in [6.07, 6.45) is 1.11. The number of rotatable bonds is 6. The molecule has 148 valence electrons. The van der Waals surface area contributed by atoms with Gasteiger partial charge in [0, 0.05) is 37.7 Å². The number of hydrogen-bond acceptors (Lipinski definition) is 8. The first-order valence-corrected chi connectivity index (χ1v) is 9.22. The Balaban J connectivity index is 1.34. The van der Waals surface area contributed by atoms with Crippen LogP contribution >= 0.6 is 0 Å². The highest BCUT2D eigenvalue weighted by atomic mass is 16.7. The van der Waals surface area contributed by atoms with E-state index in [-0.39, 0.29) is 17.3 Å². The van der Waals surface area contributed by atoms with Crippen molar-refractivity contribution in [2.24, 2.45) is 5.41 Å². The second-order valence-electron chi connectivity index (χ2n) is 8.27. The van der Waals surface area contributed by atoms with Crippen molar-refractivity contribution in [1.82, 2.24) is 9.88 Å². The van der Waals surface area contributed by atoms with E-state index in [0.29, 0.717) is 44.8 Å². The summed E-state index contributed by atoms with van der Waals surface area (Å²) in [4.78, 5) is 6.06. The molecular formula is C19H28N4O4. The van der Waals surface area contributed by atoms with E-state index in [9.17, 15) is 5.11 Å². The molecular weight excluding hydrogens is 348 g/mol. The molecule has 1 spiro atoms. The monoisotopic (exact) mass is 376 g/mol. The van der Waals surface area contributed by atoms with E-state index in [2.05, 4.69) is 10.3 Å². The van der Waals surface area contributed by atoms with Crippen molar-refractivity contribution in [2.45, 2.75) is 45.5 Å². The molecule has 0 aliphatic carbocycles. The van der Waals surface area contributed by atoms with Crippen LogP contribution in [0.1, 0.15) is 32.8 Å². The van der Waals surface area contributed by atoms with Crippen LogP contribution in [0.3, 0.4) is 0 Å². The second-order valence-corrected chi connectivity index (χ2v) is 8.27. The van der Waals surface area contributed by atoms with E-state index in [0.717, 1.165) is 5.82 Å². The summed E-state index contributed by atoms with van der Waals surface area (Å²) in [6.45, 7) is 9.06. The lowest BCUT2D eigenvalue weighted by molar-refractivity contribution is -0.313. The summed E-state index contributed by atoms with van der Waals surface area (Å²) in [7, 11) is 0. The van der Waals surface area contributed by atoms with Crippen molar-refractivity contribution in [1.29, 1.82) is 5.26 Å². The van der Waals surface area contributed by atoms with Gasteiger partial charge < -0.3 is 24.6 Å². The molecule has 27 heavy (non-hydrogen) atoms. The minimum atomic E-state index is -0.891. The molecule has 8 nitrogen and oxygen atoms in total. The molecule has 8 heteroatoms. The van der Waals surface area contributed by atoms with Crippen LogP contribution in [0.25, 0.3) is 0 Å². The summed E-state index contributed by atoms with van der Waals surface area (Å²) in [5.74, 6) is 0.726. The van der Waals surface area contributed by atoms with E-state index in [4.69, 9.17) is 19.5 Å². The second kappa shape index (κ2) is 8.09. The van der Waals surface area contributed by atoms with E-state index < -0.39 is 6.41 Å². The van der Waals surface area contributed by atoms with Crippen LogP contribution in [-0.4, -0.2) is 66.1 Å². The number of pyridine rings is 1. The lowest BCUT2D eigenvalue weighted by Gasteiger charge is -2.54. The van der Waals surface area contributed by atoms with Crippen molar-refractivity contribution >= 4 is 5.82 Å². The van der Waals surface area contributed by atoms with E-state index in [1.807, 2.05) is 31.7 Å². The molecule has 1 aromatic heterocycles. The van der Waals surface area contributed by atoms with Crippen molar-refractivity contribution in [3.63, 3.8) is 0 Å². The van der Waals surface area contributed by atoms with Gasteiger partial charge in [0.1, 0.15) is 11.9 Å². The third-order valence-electron chi connectivity index (χ3n) is 4.58. The Kier molecular flexibility index (Phi) is 5.99. The van der Waals surface area contributed by atoms with Gasteiger partial charge in [0.15, 0.2) is 6.29 Å². The molecule has 1 aromatic rings. The fourth-order valence-corrected chi connectivity index (χ4v) is 3.22. The SMILES string of the molecule is CC(C)(C)OC(O)N1CC2(COC(CCNc3ccc(C#N)cn3)OC2)C1. The van der Waals surface area contributed by atoms with Gasteiger partial charge in [0.2, 0.25) is 6.41 Å². The van der Waals surface area contributed by atoms with Gasteiger partial charge in [-0.1, -0.05) is 0 Å². The Morgan fingerprint density at radius 2 is 2.11 bits per heavy atom. The Bertz CT molecular complexity index is 652. The number of nitrogens with zero attached hydrogens (tertiary/aromatic N) is 3. The maximum absolute atomic E-state index is 10.1. The maximum atomic E-state index is 10.1. The van der Waals surface area contributed by atoms with Crippen molar-refractivity contribution < 1.29 is 19.3 Å². The fraction of sp³-hybridized carbons (Fsp3) is 0.684. The number of aromatic nitrogens is 1. The quantitative estimate of drug-likeness (QED) is 0.721. The molecule has 0 amide bonds. The number of likely N-dealkylation sites (tertiary alicyclic amines) is 1. The van der Waals surface area contributed by atoms with Crippen molar-refractivity contribution in [3.8, 4) is 6.07 Å². The molecule has 0 saturated carbocycles. The van der Waals surface area contributed by atoms with Crippen LogP contribution in [0.4, 0.5) is 5.82 Å². The van der Waals surface area contributed by atoms with Gasteiger partial charge in [-0.2, -0.15) is 5.26 Å². The predicted molar refractivity (Wildman–Crippen MR) is 98.6 cm³/mol. The van der Waals surface area contributed by atoms with Gasteiger partial charge in [0.05, 0.1) is 24.4 Å². The highest BCUT2D eigenvalue weighted by molar-refractivity contribution is 5.38. The minimum Gasteiger partial charge on any atom is -0.370 e. The molecule has 0 aromatic carbocycles. The minimum absolute atomic E-state index is 0.0547. The molecule has 2 saturated heterocycles. The summed E-state index contributed by atoms with van der Waals surface area (Å²) >= 11 is 0. The Morgan fingerprint density at radius 1 is 1.41 bits per heavy atom. The van der Waals surface area contributed by atoms with Crippen LogP contribution in [0.5, 0.6) is 0 Å². The molecule has 3 rings (SSSR count). The summed E-state index contributed by atoms with van der Waals surface area (Å²) in [6, 6.07) is 5.56. The lowest BCUT2D eigenvalue weighted by Crippen LogP contribution is -2.66. The van der Waals surface area contributed by atoms with Gasteiger partial charge in [-0.3, -0.25) is 4.90 Å². The zero-order chi connectivity index (χ0) is 19.5. The van der Waals surface area contributed by atoms with Gasteiger partial charge in [0.25, 0.3) is 0 Å². The van der Waals surface area contributed by atoms with Crippen LogP contribution in [0, 0.1) is 16.7 Å². The number of aliphatic hydroxyl groups excluding tert-OH is 1. The normalized spacial score (nSPS) is 21.4. The highest BCUT2D eigenvalue weighted by Gasteiger charge is 2.49. The average molecular weight is 376 g/mol. The topological polar surface area (TPSA) is 99.9 Å². The first kappa shape index (κ1) is 20.0. The number of aliphatic hydroxyl groups is 1. The third-order valence-corrected chi connectivity index (χ3v) is 4.58. The zero-order valence-electron chi connectivity index (χ0n) is 16.1. The number of ether oxygens (including phenoxy) is 3. The summed E-state index contributed by atoms with van der Waals surface area (Å²) < 4.78 is 17.3. The molecule has 0 radical (unpaired) electrons. The van der Waals surface area contributed by atoms with Crippen molar-refractivity contribution in [3.05, 3.63) is 23.9 Å². The number of nitriles is 1. The molecule has 3 heterocycles. The number of nitrogens with one attached hydrogen (secondary N) is 1. The van der Waals surface area contributed by atoms with Gasteiger partial charge in [-0.25, -0.2) is 4.98 Å². The van der Waals surface area contributed by atoms with Crippen LogP contribution in [0.15, 0.2) is 18.3 Å². The molecule has 2 N–H and O–H groups in total. The van der Waals surface area contributed by atoms with Crippen LogP contribution in [-0.2, 0) is 14.2 Å². The first-order chi connectivity index (χ1) is 12.8. The first-order valence-electron chi connectivity index (χ1n) is 9.22. The van der Waals surface area contributed by atoms with E-state index in [1.54, 1.807) is 18.3 Å². The zero-order valence-corrected chi connectivity index (χ0v) is 16.1. The Labute approximate surface area is 160 Å². The van der Waals surface area contributed by atoms with Crippen LogP contribution < -0.4 is 5.32 Å². The molecule has 2 fully saturated rings. The Hall–Kier alpha value is -1.76. The van der Waals surface area contributed by atoms with Crippen LogP contribution in [0.2, 0.25) is 0 Å². The lowest BCUT2D eigenvalue weighted by atomic mass is 9.81. The third kappa shape index (κ3) is 5.37. The average Bonchev–Trinajstić information content (AvgIpc) is 2.59. The van der Waals surface area contributed by atoms with Gasteiger partial charge >= 0.3 is 0 Å². The molecule has 2 aliphatic heterocycles. The largest absolute Gasteiger partial charge is 0.370 e. The van der Waals surface area contributed by atoms with Crippen molar-refractivity contribution in [2.75, 3.05) is 38.2 Å². The molecule has 1 unspecified atom stereocenters. The smallest absolute Gasteiger partial charge is 0.216 e. The van der Waals surface area contributed by atoms with E-state index in [1.165, 1.54) is 0 Å². The molecule has 1 atom stereocenters. The predicted octanol–water partition coefficient (Wildman–Crippen LogP) is 1.52. The molecule has 2 aliphatic rings. The number of hydrogen-bond donors (Lipinski definition) is 2.